The number of unbranched alkanes of at least 4 members (excludes halogenated alkanes) is 5. The zero-order valence-electron chi connectivity index (χ0n) is 15.2. The van der Waals surface area contributed by atoms with E-state index in [0.717, 1.165) is 44.9 Å². The molecule has 0 unspecified atom stereocenters. The van der Waals surface area contributed by atoms with E-state index < -0.39 is 16.0 Å². The van der Waals surface area contributed by atoms with Gasteiger partial charge < -0.3 is 10.2 Å². The summed E-state index contributed by atoms with van der Waals surface area (Å²) in [4.78, 5) is 10.4. The lowest BCUT2D eigenvalue weighted by Gasteiger charge is -2.20. The van der Waals surface area contributed by atoms with Gasteiger partial charge in [0, 0.05) is 19.5 Å². The van der Waals surface area contributed by atoms with E-state index >= 15 is 0 Å². The number of sulfonamides is 1. The van der Waals surface area contributed by atoms with Gasteiger partial charge in [-0.2, -0.15) is 0 Å². The van der Waals surface area contributed by atoms with E-state index in [-0.39, 0.29) is 12.5 Å². The SMILES string of the molecule is CCCCC[C@@H](O)CCCN(CCCCCCC(=O)O)S(C)(=O)=O. The summed E-state index contributed by atoms with van der Waals surface area (Å²) < 4.78 is 25.1. The molecule has 0 amide bonds. The topological polar surface area (TPSA) is 94.9 Å². The van der Waals surface area contributed by atoms with Crippen LogP contribution in [0.1, 0.15) is 77.6 Å². The first-order chi connectivity index (χ1) is 11.3. The zero-order valence-corrected chi connectivity index (χ0v) is 16.1. The normalized spacial score (nSPS) is 13.3. The van der Waals surface area contributed by atoms with Gasteiger partial charge >= 0.3 is 5.97 Å². The van der Waals surface area contributed by atoms with Crippen molar-refractivity contribution in [3.8, 4) is 0 Å². The van der Waals surface area contributed by atoms with Gasteiger partial charge in [-0.05, 0) is 32.1 Å². The van der Waals surface area contributed by atoms with Crippen LogP contribution in [0.5, 0.6) is 0 Å². The van der Waals surface area contributed by atoms with Crippen molar-refractivity contribution in [2.75, 3.05) is 19.3 Å². The predicted octanol–water partition coefficient (Wildman–Crippen LogP) is 3.00. The molecule has 0 fully saturated rings. The van der Waals surface area contributed by atoms with Gasteiger partial charge in [-0.1, -0.05) is 39.0 Å². The second kappa shape index (κ2) is 13.6. The van der Waals surface area contributed by atoms with Gasteiger partial charge in [0.1, 0.15) is 0 Å². The Morgan fingerprint density at radius 1 is 0.958 bits per heavy atom. The van der Waals surface area contributed by atoms with Crippen LogP contribution < -0.4 is 0 Å². The Morgan fingerprint density at radius 2 is 1.54 bits per heavy atom. The van der Waals surface area contributed by atoms with E-state index in [9.17, 15) is 18.3 Å². The molecular formula is C17H35NO5S. The number of hydrogen-bond donors (Lipinski definition) is 2. The third kappa shape index (κ3) is 13.7. The maximum atomic E-state index is 11.8. The molecule has 0 rings (SSSR count). The summed E-state index contributed by atoms with van der Waals surface area (Å²) in [6, 6.07) is 0. The number of carboxylic acid groups (broad SMARTS) is 1. The monoisotopic (exact) mass is 365 g/mol. The van der Waals surface area contributed by atoms with Crippen LogP contribution in [0.2, 0.25) is 0 Å². The van der Waals surface area contributed by atoms with E-state index in [2.05, 4.69) is 6.92 Å². The molecule has 0 saturated carbocycles. The number of aliphatic carboxylic acids is 1. The Bertz CT molecular complexity index is 425. The van der Waals surface area contributed by atoms with Crippen LogP contribution in [0.3, 0.4) is 0 Å². The largest absolute Gasteiger partial charge is 0.481 e. The highest BCUT2D eigenvalue weighted by atomic mass is 32.2. The first kappa shape index (κ1) is 23.3. The van der Waals surface area contributed by atoms with Crippen LogP contribution in [0.4, 0.5) is 0 Å². The number of hydrogen-bond acceptors (Lipinski definition) is 4. The molecule has 0 aliphatic heterocycles. The number of nitrogens with zero attached hydrogens (tertiary/aromatic N) is 1. The molecule has 0 aromatic carbocycles. The minimum absolute atomic E-state index is 0.172. The van der Waals surface area contributed by atoms with Crippen molar-refractivity contribution in [3.05, 3.63) is 0 Å². The lowest BCUT2D eigenvalue weighted by atomic mass is 10.1. The standard InChI is InChI=1S/C17H35NO5S/c1-3-4-7-11-16(19)12-10-15-18(24(2,22)23)14-9-6-5-8-13-17(20)21/h16,19H,3-15H2,1-2H3,(H,20,21)/t16-/m1/s1. The van der Waals surface area contributed by atoms with Crippen LogP contribution >= 0.6 is 0 Å². The molecular weight excluding hydrogens is 330 g/mol. The molecule has 0 spiro atoms. The minimum Gasteiger partial charge on any atom is -0.481 e. The van der Waals surface area contributed by atoms with Gasteiger partial charge in [-0.3, -0.25) is 4.79 Å². The number of carbonyl (C=O) groups is 1. The molecule has 2 N–H and O–H groups in total. The maximum absolute atomic E-state index is 11.8. The fourth-order valence-corrected chi connectivity index (χ4v) is 3.56. The molecule has 7 heteroatoms. The highest BCUT2D eigenvalue weighted by Gasteiger charge is 2.16. The van der Waals surface area contributed by atoms with Crippen molar-refractivity contribution in [2.24, 2.45) is 0 Å². The number of aliphatic hydroxyl groups excluding tert-OH is 1. The summed E-state index contributed by atoms with van der Waals surface area (Å²) >= 11 is 0. The van der Waals surface area contributed by atoms with Crippen LogP contribution in [0.15, 0.2) is 0 Å². The van der Waals surface area contributed by atoms with Gasteiger partial charge in [0.15, 0.2) is 0 Å². The molecule has 24 heavy (non-hydrogen) atoms. The number of carboxylic acids is 1. The summed E-state index contributed by atoms with van der Waals surface area (Å²) in [5.74, 6) is -0.787. The van der Waals surface area contributed by atoms with Gasteiger partial charge in [-0.25, -0.2) is 12.7 Å². The van der Waals surface area contributed by atoms with Gasteiger partial charge in [0.25, 0.3) is 0 Å². The van der Waals surface area contributed by atoms with Crippen LogP contribution in [-0.4, -0.2) is 54.4 Å². The molecule has 0 aromatic heterocycles. The molecule has 144 valence electrons. The molecule has 0 radical (unpaired) electrons. The van der Waals surface area contributed by atoms with E-state index in [1.54, 1.807) is 0 Å². The number of rotatable bonds is 16. The second-order valence-electron chi connectivity index (χ2n) is 6.51. The highest BCUT2D eigenvalue weighted by molar-refractivity contribution is 7.88. The van der Waals surface area contributed by atoms with Gasteiger partial charge in [-0.15, -0.1) is 0 Å². The predicted molar refractivity (Wildman–Crippen MR) is 96.5 cm³/mol. The molecule has 0 saturated heterocycles. The fraction of sp³-hybridized carbons (Fsp3) is 0.941. The van der Waals surface area contributed by atoms with Crippen LogP contribution in [0.25, 0.3) is 0 Å². The highest BCUT2D eigenvalue weighted by Crippen LogP contribution is 2.11. The average Bonchev–Trinajstić information content (AvgIpc) is 2.47. The lowest BCUT2D eigenvalue weighted by molar-refractivity contribution is -0.137. The van der Waals surface area contributed by atoms with Crippen molar-refractivity contribution < 1.29 is 23.4 Å². The first-order valence-electron chi connectivity index (χ1n) is 9.12. The zero-order chi connectivity index (χ0) is 18.4. The van der Waals surface area contributed by atoms with E-state index in [1.807, 2.05) is 0 Å². The Kier molecular flexibility index (Phi) is 13.2. The van der Waals surface area contributed by atoms with E-state index in [4.69, 9.17) is 5.11 Å². The second-order valence-corrected chi connectivity index (χ2v) is 8.49. The number of aliphatic hydroxyl groups is 1. The van der Waals surface area contributed by atoms with Crippen molar-refractivity contribution in [3.63, 3.8) is 0 Å². The van der Waals surface area contributed by atoms with Crippen molar-refractivity contribution in [1.29, 1.82) is 0 Å². The van der Waals surface area contributed by atoms with Gasteiger partial charge in [0.05, 0.1) is 12.4 Å². The molecule has 0 aromatic rings. The molecule has 0 bridgehead atoms. The van der Waals surface area contributed by atoms with Crippen molar-refractivity contribution in [2.45, 2.75) is 83.7 Å². The summed E-state index contributed by atoms with van der Waals surface area (Å²) in [6.07, 6.45) is 9.42. The smallest absolute Gasteiger partial charge is 0.303 e. The average molecular weight is 366 g/mol. The van der Waals surface area contributed by atoms with Gasteiger partial charge in [0.2, 0.25) is 10.0 Å². The Labute approximate surface area is 147 Å². The Hall–Kier alpha value is -0.660. The molecule has 1 atom stereocenters. The molecule has 0 aliphatic rings. The summed E-state index contributed by atoms with van der Waals surface area (Å²) in [6.45, 7) is 3.04. The molecule has 0 heterocycles. The summed E-state index contributed by atoms with van der Waals surface area (Å²) in [7, 11) is -3.23. The minimum atomic E-state index is -3.23. The van der Waals surface area contributed by atoms with Crippen molar-refractivity contribution >= 4 is 16.0 Å². The molecule has 6 nitrogen and oxygen atoms in total. The van der Waals surface area contributed by atoms with E-state index in [0.29, 0.717) is 32.4 Å². The molecule has 0 aliphatic carbocycles. The van der Waals surface area contributed by atoms with Crippen molar-refractivity contribution in [1.82, 2.24) is 4.31 Å². The summed E-state index contributed by atoms with van der Waals surface area (Å²) in [5, 5.41) is 18.5. The Balaban J connectivity index is 3.96. The maximum Gasteiger partial charge on any atom is 0.303 e. The summed E-state index contributed by atoms with van der Waals surface area (Å²) in [5.41, 5.74) is 0. The quantitative estimate of drug-likeness (QED) is 0.410. The fourth-order valence-electron chi connectivity index (χ4n) is 2.64. The third-order valence-electron chi connectivity index (χ3n) is 4.10. The van der Waals surface area contributed by atoms with E-state index in [1.165, 1.54) is 10.6 Å². The first-order valence-corrected chi connectivity index (χ1v) is 11.0. The Morgan fingerprint density at radius 3 is 2.12 bits per heavy atom. The van der Waals surface area contributed by atoms with Crippen LogP contribution in [-0.2, 0) is 14.8 Å². The van der Waals surface area contributed by atoms with Crippen LogP contribution in [0, 0.1) is 0 Å². The third-order valence-corrected chi connectivity index (χ3v) is 5.41. The lowest BCUT2D eigenvalue weighted by Crippen LogP contribution is -2.32.